The number of fused-ring (bicyclic) bond motifs is 2. The van der Waals surface area contributed by atoms with Crippen LogP contribution in [0.25, 0.3) is 21.9 Å². The molecule has 7 nitrogen and oxygen atoms in total. The Kier molecular flexibility index (Phi) is 4.59. The molecule has 7 heteroatoms. The van der Waals surface area contributed by atoms with E-state index in [0.29, 0.717) is 6.42 Å². The fraction of sp³-hybridized carbons (Fsp3) is 0.100. The molecule has 0 aliphatic heterocycles. The van der Waals surface area contributed by atoms with Crippen molar-refractivity contribution in [2.24, 2.45) is 10.8 Å². The van der Waals surface area contributed by atoms with E-state index in [1.807, 2.05) is 48.7 Å². The highest BCUT2D eigenvalue weighted by Crippen LogP contribution is 2.18. The fourth-order valence-corrected chi connectivity index (χ4v) is 2.94. The summed E-state index contributed by atoms with van der Waals surface area (Å²) < 4.78 is 0. The van der Waals surface area contributed by atoms with E-state index in [-0.39, 0.29) is 5.91 Å². The van der Waals surface area contributed by atoms with Gasteiger partial charge in [-0.05, 0) is 35.7 Å². The minimum absolute atomic E-state index is 0.336. The number of nitrogens with two attached hydrogens (primary N) is 1. The number of para-hydroxylation sites is 1. The number of hydrogen-bond acceptors (Lipinski definition) is 5. The zero-order valence-corrected chi connectivity index (χ0v) is 14.5. The number of aromatic amines is 1. The minimum atomic E-state index is -0.691. The number of rotatable bonds is 5. The Morgan fingerprint density at radius 3 is 2.89 bits per heavy atom. The first-order valence-corrected chi connectivity index (χ1v) is 8.55. The van der Waals surface area contributed by atoms with Crippen molar-refractivity contribution in [3.8, 4) is 0 Å². The second-order valence-electron chi connectivity index (χ2n) is 6.21. The summed E-state index contributed by atoms with van der Waals surface area (Å²) in [4.78, 5) is 23.9. The quantitative estimate of drug-likeness (QED) is 0.375. The molecular weight excluding hydrogens is 340 g/mol. The topological polar surface area (TPSA) is 109 Å². The van der Waals surface area contributed by atoms with Gasteiger partial charge in [-0.3, -0.25) is 14.8 Å². The standard InChI is InChI=1S/C20H18N6O/c21-16(10-14-12-24-17-4-2-1-3-15(14)17)20(27)26-25-11-13-5-6-18-19(9-13)23-8-7-22-18/h1-9,11-12,16,24H,10,21H2,(H,26,27)/b25-11-/t16-/m1/s1. The zero-order valence-electron chi connectivity index (χ0n) is 14.5. The Labute approximate surface area is 155 Å². The molecule has 2 heterocycles. The number of nitrogens with zero attached hydrogens (tertiary/aromatic N) is 3. The number of benzene rings is 2. The zero-order chi connectivity index (χ0) is 18.6. The van der Waals surface area contributed by atoms with E-state index < -0.39 is 6.04 Å². The molecule has 1 atom stereocenters. The van der Waals surface area contributed by atoms with Crippen LogP contribution in [0.2, 0.25) is 0 Å². The van der Waals surface area contributed by atoms with Gasteiger partial charge in [0.05, 0.1) is 23.3 Å². The molecule has 4 aromatic rings. The third-order valence-corrected chi connectivity index (χ3v) is 4.33. The van der Waals surface area contributed by atoms with Crippen LogP contribution in [0.3, 0.4) is 0 Å². The second kappa shape index (κ2) is 7.35. The van der Waals surface area contributed by atoms with Gasteiger partial charge in [-0.1, -0.05) is 24.3 Å². The van der Waals surface area contributed by atoms with Crippen molar-refractivity contribution >= 4 is 34.1 Å². The number of carbonyl (C=O) groups is 1. The monoisotopic (exact) mass is 358 g/mol. The van der Waals surface area contributed by atoms with Gasteiger partial charge in [-0.25, -0.2) is 5.43 Å². The molecule has 1 amide bonds. The van der Waals surface area contributed by atoms with Gasteiger partial charge in [-0.2, -0.15) is 5.10 Å². The summed E-state index contributed by atoms with van der Waals surface area (Å²) in [7, 11) is 0. The average Bonchev–Trinajstić information content (AvgIpc) is 3.11. The highest BCUT2D eigenvalue weighted by molar-refractivity contribution is 5.89. The minimum Gasteiger partial charge on any atom is -0.361 e. The Morgan fingerprint density at radius 2 is 2.00 bits per heavy atom. The van der Waals surface area contributed by atoms with E-state index >= 15 is 0 Å². The number of aromatic nitrogens is 3. The van der Waals surface area contributed by atoms with Gasteiger partial charge >= 0.3 is 0 Å². The maximum Gasteiger partial charge on any atom is 0.257 e. The predicted molar refractivity (Wildman–Crippen MR) is 105 cm³/mol. The Hall–Kier alpha value is -3.58. The molecule has 0 aliphatic carbocycles. The van der Waals surface area contributed by atoms with Crippen molar-refractivity contribution in [3.05, 3.63) is 72.2 Å². The average molecular weight is 358 g/mol. The van der Waals surface area contributed by atoms with E-state index in [1.54, 1.807) is 18.6 Å². The fourth-order valence-electron chi connectivity index (χ4n) is 2.94. The van der Waals surface area contributed by atoms with Crippen LogP contribution in [0.4, 0.5) is 0 Å². The van der Waals surface area contributed by atoms with Crippen LogP contribution in [0.15, 0.2) is 66.2 Å². The SMILES string of the molecule is N[C@H](Cc1c[nH]c2ccccc12)C(=O)N/N=C\c1ccc2nccnc2c1. The number of hydrogen-bond donors (Lipinski definition) is 3. The molecule has 0 unspecified atom stereocenters. The molecule has 0 aliphatic rings. The maximum atomic E-state index is 12.2. The van der Waals surface area contributed by atoms with Crippen LogP contribution in [-0.2, 0) is 11.2 Å². The largest absolute Gasteiger partial charge is 0.361 e. The van der Waals surface area contributed by atoms with E-state index in [0.717, 1.165) is 33.1 Å². The van der Waals surface area contributed by atoms with E-state index in [1.165, 1.54) is 0 Å². The first-order valence-electron chi connectivity index (χ1n) is 8.55. The predicted octanol–water partition coefficient (Wildman–Crippen LogP) is 2.13. The van der Waals surface area contributed by atoms with Crippen molar-refractivity contribution in [2.75, 3.05) is 0 Å². The number of hydrazone groups is 1. The Morgan fingerprint density at radius 1 is 1.19 bits per heavy atom. The van der Waals surface area contributed by atoms with Gasteiger partial charge in [0.15, 0.2) is 0 Å². The summed E-state index contributed by atoms with van der Waals surface area (Å²) in [5, 5.41) is 5.07. The van der Waals surface area contributed by atoms with Gasteiger partial charge in [0.25, 0.3) is 5.91 Å². The summed E-state index contributed by atoms with van der Waals surface area (Å²) in [6.07, 6.45) is 7.15. The molecule has 2 aromatic carbocycles. The highest BCUT2D eigenvalue weighted by Gasteiger charge is 2.15. The van der Waals surface area contributed by atoms with Crippen LogP contribution in [0, 0.1) is 0 Å². The molecule has 134 valence electrons. The van der Waals surface area contributed by atoms with Crippen molar-refractivity contribution < 1.29 is 4.79 Å². The van der Waals surface area contributed by atoms with E-state index in [4.69, 9.17) is 5.73 Å². The Balaban J connectivity index is 1.39. The van der Waals surface area contributed by atoms with Crippen molar-refractivity contribution in [1.82, 2.24) is 20.4 Å². The number of amides is 1. The van der Waals surface area contributed by atoms with Crippen molar-refractivity contribution in [2.45, 2.75) is 12.5 Å². The van der Waals surface area contributed by atoms with Crippen LogP contribution in [-0.4, -0.2) is 33.1 Å². The first-order chi connectivity index (χ1) is 13.2. The van der Waals surface area contributed by atoms with Crippen LogP contribution >= 0.6 is 0 Å². The lowest BCUT2D eigenvalue weighted by molar-refractivity contribution is -0.122. The molecule has 4 N–H and O–H groups in total. The third kappa shape index (κ3) is 3.68. The van der Waals surface area contributed by atoms with Gasteiger partial charge < -0.3 is 10.7 Å². The highest BCUT2D eigenvalue weighted by atomic mass is 16.2. The van der Waals surface area contributed by atoms with Crippen LogP contribution in [0.5, 0.6) is 0 Å². The molecule has 0 radical (unpaired) electrons. The number of H-pyrrole nitrogens is 1. The molecule has 0 spiro atoms. The summed E-state index contributed by atoms with van der Waals surface area (Å²) in [6, 6.07) is 12.8. The van der Waals surface area contributed by atoms with Crippen LogP contribution < -0.4 is 11.2 Å². The summed E-state index contributed by atoms with van der Waals surface area (Å²) in [5.41, 5.74) is 13.0. The van der Waals surface area contributed by atoms with Gasteiger partial charge in [-0.15, -0.1) is 0 Å². The summed E-state index contributed by atoms with van der Waals surface area (Å²) in [5.74, 6) is -0.336. The number of nitrogens with one attached hydrogen (secondary N) is 2. The molecule has 0 fully saturated rings. The molecule has 2 aromatic heterocycles. The Bertz CT molecular complexity index is 1130. The normalized spacial score (nSPS) is 12.6. The number of carbonyl (C=O) groups excluding carboxylic acids is 1. The summed E-state index contributed by atoms with van der Waals surface area (Å²) in [6.45, 7) is 0. The third-order valence-electron chi connectivity index (χ3n) is 4.33. The lowest BCUT2D eigenvalue weighted by Crippen LogP contribution is -2.39. The lowest BCUT2D eigenvalue weighted by atomic mass is 10.1. The first kappa shape index (κ1) is 16.9. The van der Waals surface area contributed by atoms with Gasteiger partial charge in [0.2, 0.25) is 0 Å². The van der Waals surface area contributed by atoms with Crippen LogP contribution in [0.1, 0.15) is 11.1 Å². The van der Waals surface area contributed by atoms with E-state index in [9.17, 15) is 4.79 Å². The van der Waals surface area contributed by atoms with Crippen molar-refractivity contribution in [1.29, 1.82) is 0 Å². The smallest absolute Gasteiger partial charge is 0.257 e. The molecule has 27 heavy (non-hydrogen) atoms. The van der Waals surface area contributed by atoms with Gasteiger partial charge in [0, 0.05) is 29.5 Å². The van der Waals surface area contributed by atoms with Gasteiger partial charge in [0.1, 0.15) is 0 Å². The maximum absolute atomic E-state index is 12.2. The molecule has 0 bridgehead atoms. The molecular formula is C20H18N6O. The van der Waals surface area contributed by atoms with E-state index in [2.05, 4.69) is 25.5 Å². The summed E-state index contributed by atoms with van der Waals surface area (Å²) >= 11 is 0. The molecule has 4 rings (SSSR count). The molecule has 0 saturated heterocycles. The lowest BCUT2D eigenvalue weighted by Gasteiger charge is -2.09. The molecule has 0 saturated carbocycles. The second-order valence-corrected chi connectivity index (χ2v) is 6.21. The van der Waals surface area contributed by atoms with Crippen molar-refractivity contribution in [3.63, 3.8) is 0 Å².